The van der Waals surface area contributed by atoms with Crippen LogP contribution in [0.15, 0.2) is 0 Å². The average Bonchev–Trinajstić information content (AvgIpc) is 2.28. The number of hydrogen-bond acceptors (Lipinski definition) is 3. The van der Waals surface area contributed by atoms with Crippen LogP contribution in [0.4, 0.5) is 0 Å². The largest absolute Gasteiger partial charge is 0.366 e. The van der Waals surface area contributed by atoms with Crippen molar-refractivity contribution in [2.75, 3.05) is 32.8 Å². The highest BCUT2D eigenvalue weighted by Crippen LogP contribution is 2.21. The Morgan fingerprint density at radius 2 is 1.94 bits per heavy atom. The second kappa shape index (κ2) is 6.57. The van der Waals surface area contributed by atoms with Crippen molar-refractivity contribution in [3.8, 4) is 0 Å². The van der Waals surface area contributed by atoms with Crippen molar-refractivity contribution < 1.29 is 9.53 Å². The summed E-state index contributed by atoms with van der Waals surface area (Å²) in [6.07, 6.45) is 0.972. The molecule has 2 aliphatic heterocycles. The zero-order chi connectivity index (χ0) is 11.5. The first-order valence-corrected chi connectivity index (χ1v) is 6.28. The summed E-state index contributed by atoms with van der Waals surface area (Å²) >= 11 is 0. The molecule has 0 aromatic rings. The van der Waals surface area contributed by atoms with Gasteiger partial charge < -0.3 is 15.0 Å². The third-order valence-electron chi connectivity index (χ3n) is 3.38. The van der Waals surface area contributed by atoms with Gasteiger partial charge in [-0.15, -0.1) is 12.4 Å². The van der Waals surface area contributed by atoms with Crippen LogP contribution in [0.3, 0.4) is 0 Å². The number of amides is 1. The maximum atomic E-state index is 12.2. The Morgan fingerprint density at radius 3 is 2.47 bits per heavy atom. The first kappa shape index (κ1) is 14.7. The summed E-state index contributed by atoms with van der Waals surface area (Å²) < 4.78 is 5.51. The molecule has 1 amide bonds. The molecule has 2 rings (SSSR count). The van der Waals surface area contributed by atoms with Crippen LogP contribution < -0.4 is 5.32 Å². The van der Waals surface area contributed by atoms with Gasteiger partial charge in [0.1, 0.15) is 6.10 Å². The lowest BCUT2D eigenvalue weighted by atomic mass is 9.91. The van der Waals surface area contributed by atoms with Crippen molar-refractivity contribution >= 4 is 18.3 Å². The normalized spacial score (nSPS) is 34.0. The van der Waals surface area contributed by atoms with Crippen molar-refractivity contribution in [3.05, 3.63) is 0 Å². The summed E-state index contributed by atoms with van der Waals surface area (Å²) in [6.45, 7) is 8.39. The number of nitrogens with one attached hydrogen (secondary N) is 1. The van der Waals surface area contributed by atoms with E-state index in [9.17, 15) is 4.79 Å². The van der Waals surface area contributed by atoms with E-state index in [2.05, 4.69) is 19.2 Å². The van der Waals surface area contributed by atoms with Crippen molar-refractivity contribution in [2.24, 2.45) is 11.8 Å². The van der Waals surface area contributed by atoms with Gasteiger partial charge in [0.15, 0.2) is 0 Å². The van der Waals surface area contributed by atoms with Gasteiger partial charge in [-0.05, 0) is 18.3 Å². The number of rotatable bonds is 1. The number of nitrogens with zero attached hydrogens (tertiary/aromatic N) is 1. The molecule has 2 heterocycles. The Labute approximate surface area is 109 Å². The van der Waals surface area contributed by atoms with E-state index in [-0.39, 0.29) is 24.4 Å². The smallest absolute Gasteiger partial charge is 0.253 e. The molecule has 3 atom stereocenters. The second-order valence-electron chi connectivity index (χ2n) is 5.25. The number of ether oxygens (including phenoxy) is 1. The van der Waals surface area contributed by atoms with Crippen molar-refractivity contribution in [1.82, 2.24) is 10.2 Å². The lowest BCUT2D eigenvalue weighted by Crippen LogP contribution is -2.52. The molecule has 100 valence electrons. The molecule has 0 aromatic heterocycles. The first-order valence-electron chi connectivity index (χ1n) is 6.28. The SMILES string of the molecule is CC1CC(C)CN(C(=O)C2CNCCO2)C1.Cl. The number of hydrogen-bond donors (Lipinski definition) is 1. The topological polar surface area (TPSA) is 41.6 Å². The van der Waals surface area contributed by atoms with Crippen LogP contribution in [0.5, 0.6) is 0 Å². The van der Waals surface area contributed by atoms with E-state index in [1.807, 2.05) is 4.90 Å². The van der Waals surface area contributed by atoms with Crippen molar-refractivity contribution in [3.63, 3.8) is 0 Å². The van der Waals surface area contributed by atoms with Crippen LogP contribution >= 0.6 is 12.4 Å². The number of likely N-dealkylation sites (tertiary alicyclic amines) is 1. The molecule has 0 aliphatic carbocycles. The summed E-state index contributed by atoms with van der Waals surface area (Å²) in [6, 6.07) is 0. The van der Waals surface area contributed by atoms with Crippen molar-refractivity contribution in [2.45, 2.75) is 26.4 Å². The summed E-state index contributed by atoms with van der Waals surface area (Å²) in [5.41, 5.74) is 0. The predicted molar refractivity (Wildman–Crippen MR) is 69.4 cm³/mol. The minimum Gasteiger partial charge on any atom is -0.366 e. The molecule has 2 fully saturated rings. The van der Waals surface area contributed by atoms with Gasteiger partial charge in [-0.1, -0.05) is 13.8 Å². The van der Waals surface area contributed by atoms with Gasteiger partial charge in [0.2, 0.25) is 0 Å². The molecule has 3 unspecified atom stereocenters. The van der Waals surface area contributed by atoms with Crippen LogP contribution in [0.1, 0.15) is 20.3 Å². The highest BCUT2D eigenvalue weighted by molar-refractivity contribution is 5.85. The van der Waals surface area contributed by atoms with Gasteiger partial charge in [-0.25, -0.2) is 0 Å². The van der Waals surface area contributed by atoms with Crippen molar-refractivity contribution in [1.29, 1.82) is 0 Å². The maximum Gasteiger partial charge on any atom is 0.253 e. The van der Waals surface area contributed by atoms with Gasteiger partial charge in [-0.2, -0.15) is 0 Å². The first-order chi connectivity index (χ1) is 7.66. The standard InChI is InChI=1S/C12H22N2O2.ClH/c1-9-5-10(2)8-14(7-9)12(15)11-6-13-3-4-16-11;/h9-11,13H,3-8H2,1-2H3;1H. The van der Waals surface area contributed by atoms with E-state index >= 15 is 0 Å². The summed E-state index contributed by atoms with van der Waals surface area (Å²) in [5.74, 6) is 1.40. The number of morpholine rings is 1. The van der Waals surface area contributed by atoms with Crippen LogP contribution in [0.25, 0.3) is 0 Å². The molecule has 1 N–H and O–H groups in total. The summed E-state index contributed by atoms with van der Waals surface area (Å²) in [5, 5.41) is 3.20. The molecule has 17 heavy (non-hydrogen) atoms. The Hall–Kier alpha value is -0.320. The minimum atomic E-state index is -0.258. The third-order valence-corrected chi connectivity index (χ3v) is 3.38. The van der Waals surface area contributed by atoms with Gasteiger partial charge in [0.25, 0.3) is 5.91 Å². The fraction of sp³-hybridized carbons (Fsp3) is 0.917. The molecule has 0 saturated carbocycles. The van der Waals surface area contributed by atoms with Gasteiger partial charge in [0, 0.05) is 26.2 Å². The molecule has 0 radical (unpaired) electrons. The molecule has 0 bridgehead atoms. The van der Waals surface area contributed by atoms with E-state index in [0.717, 1.165) is 19.6 Å². The number of carbonyl (C=O) groups is 1. The quantitative estimate of drug-likeness (QED) is 0.764. The highest BCUT2D eigenvalue weighted by atomic mass is 35.5. The zero-order valence-corrected chi connectivity index (χ0v) is 11.5. The molecule has 5 heteroatoms. The van der Waals surface area contributed by atoms with Gasteiger partial charge in [0.05, 0.1) is 6.61 Å². The third kappa shape index (κ3) is 3.83. The lowest BCUT2D eigenvalue weighted by Gasteiger charge is -2.37. The molecule has 2 saturated heterocycles. The Bertz CT molecular complexity index is 247. The molecule has 2 aliphatic rings. The average molecular weight is 263 g/mol. The molecular weight excluding hydrogens is 240 g/mol. The summed E-state index contributed by atoms with van der Waals surface area (Å²) in [7, 11) is 0. The zero-order valence-electron chi connectivity index (χ0n) is 10.6. The lowest BCUT2D eigenvalue weighted by molar-refractivity contribution is -0.147. The second-order valence-corrected chi connectivity index (χ2v) is 5.25. The summed E-state index contributed by atoms with van der Waals surface area (Å²) in [4.78, 5) is 14.2. The van der Waals surface area contributed by atoms with E-state index < -0.39 is 0 Å². The van der Waals surface area contributed by atoms with Crippen LogP contribution in [-0.4, -0.2) is 49.7 Å². The fourth-order valence-electron chi connectivity index (χ4n) is 2.77. The molecule has 0 aromatic carbocycles. The van der Waals surface area contributed by atoms with Gasteiger partial charge in [-0.3, -0.25) is 4.79 Å². The van der Waals surface area contributed by atoms with E-state index in [1.165, 1.54) is 6.42 Å². The Kier molecular flexibility index (Phi) is 5.70. The minimum absolute atomic E-state index is 0. The van der Waals surface area contributed by atoms with E-state index in [1.54, 1.807) is 0 Å². The van der Waals surface area contributed by atoms with E-state index in [4.69, 9.17) is 4.74 Å². The Balaban J connectivity index is 0.00000144. The van der Waals surface area contributed by atoms with Crippen LogP contribution in [0, 0.1) is 11.8 Å². The maximum absolute atomic E-state index is 12.2. The number of halogens is 1. The van der Waals surface area contributed by atoms with Crippen LogP contribution in [0.2, 0.25) is 0 Å². The van der Waals surface area contributed by atoms with E-state index in [0.29, 0.717) is 25.0 Å². The Morgan fingerprint density at radius 1 is 1.29 bits per heavy atom. The number of carbonyl (C=O) groups excluding carboxylic acids is 1. The predicted octanol–water partition coefficient (Wildman–Crippen LogP) is 0.901. The molecule has 0 spiro atoms. The molecule has 4 nitrogen and oxygen atoms in total. The monoisotopic (exact) mass is 262 g/mol. The van der Waals surface area contributed by atoms with Gasteiger partial charge >= 0.3 is 0 Å². The fourth-order valence-corrected chi connectivity index (χ4v) is 2.77. The van der Waals surface area contributed by atoms with Crippen LogP contribution in [-0.2, 0) is 9.53 Å². The molecular formula is C12H23ClN2O2. The highest BCUT2D eigenvalue weighted by Gasteiger charge is 2.31. The number of piperidine rings is 1.